The van der Waals surface area contributed by atoms with Gasteiger partial charge in [-0.3, -0.25) is 0 Å². The lowest BCUT2D eigenvalue weighted by atomic mass is 10.00. The lowest BCUT2D eigenvalue weighted by molar-refractivity contribution is -0.260. The Balaban J connectivity index is 2.18. The number of hydrogen-bond acceptors (Lipinski definition) is 7. The number of thioether (sulfide) groups is 1. The molecule has 2 aliphatic rings. The van der Waals surface area contributed by atoms with Crippen LogP contribution >= 0.6 is 24.0 Å². The zero-order chi connectivity index (χ0) is 14.2. The molecule has 0 saturated carbocycles. The van der Waals surface area contributed by atoms with E-state index in [9.17, 15) is 0 Å². The van der Waals surface area contributed by atoms with Gasteiger partial charge in [0.15, 0.2) is 18.2 Å². The quantitative estimate of drug-likeness (QED) is 0.722. The molecule has 0 amide bonds. The number of rotatable bonds is 2. The first-order valence-corrected chi connectivity index (χ1v) is 7.80. The fourth-order valence-electron chi connectivity index (χ4n) is 2.43. The molecule has 2 heterocycles. The number of hydrogen-bond donors (Lipinski definition) is 0. The zero-order valence-corrected chi connectivity index (χ0v) is 13.4. The van der Waals surface area contributed by atoms with Gasteiger partial charge < -0.3 is 23.7 Å². The minimum absolute atomic E-state index is 0.186. The highest BCUT2D eigenvalue weighted by Gasteiger charge is 2.55. The Morgan fingerprint density at radius 2 is 1.89 bits per heavy atom. The maximum atomic E-state index is 5.94. The molecule has 0 N–H and O–H groups in total. The van der Waals surface area contributed by atoms with Crippen LogP contribution in [0.1, 0.15) is 20.8 Å². The second-order valence-corrected chi connectivity index (χ2v) is 6.45. The maximum absolute atomic E-state index is 5.94. The number of fused-ring (bicyclic) bond motifs is 1. The molecule has 2 aliphatic heterocycles. The first kappa shape index (κ1) is 15.5. The molecule has 2 rings (SSSR count). The van der Waals surface area contributed by atoms with Gasteiger partial charge in [0.25, 0.3) is 0 Å². The molecule has 0 aliphatic carbocycles. The third-order valence-electron chi connectivity index (χ3n) is 3.20. The van der Waals surface area contributed by atoms with Crippen LogP contribution < -0.4 is 0 Å². The third kappa shape index (κ3) is 3.22. The highest BCUT2D eigenvalue weighted by Crippen LogP contribution is 2.39. The summed E-state index contributed by atoms with van der Waals surface area (Å²) in [6.45, 7) is 5.66. The molecule has 7 heteroatoms. The summed E-state index contributed by atoms with van der Waals surface area (Å²) in [5.41, 5.74) is 0. The first-order chi connectivity index (χ1) is 8.88. The predicted molar refractivity (Wildman–Crippen MR) is 76.2 cm³/mol. The lowest BCUT2D eigenvalue weighted by Gasteiger charge is -2.39. The molecule has 0 radical (unpaired) electrons. The van der Waals surface area contributed by atoms with Gasteiger partial charge in [-0.2, -0.15) is 0 Å². The molecule has 0 aromatic rings. The molecule has 0 aromatic carbocycles. The van der Waals surface area contributed by atoms with Gasteiger partial charge in [-0.15, -0.1) is 0 Å². The predicted octanol–water partition coefficient (Wildman–Crippen LogP) is 1.93. The molecule has 0 bridgehead atoms. The van der Waals surface area contributed by atoms with Gasteiger partial charge in [-0.1, -0.05) is 11.8 Å². The Bertz CT molecular complexity index is 349. The van der Waals surface area contributed by atoms with Crippen LogP contribution in [-0.4, -0.2) is 54.2 Å². The Kier molecular flexibility index (Phi) is 4.75. The van der Waals surface area contributed by atoms with Crippen molar-refractivity contribution in [2.45, 2.75) is 57.3 Å². The van der Waals surface area contributed by atoms with Crippen molar-refractivity contribution < 1.29 is 23.7 Å². The molecule has 19 heavy (non-hydrogen) atoms. The number of methoxy groups -OCH3 is 1. The number of thiocarbonyl (C=S) groups is 1. The van der Waals surface area contributed by atoms with E-state index in [1.807, 2.05) is 27.0 Å². The van der Waals surface area contributed by atoms with Crippen LogP contribution in [-0.2, 0) is 23.7 Å². The van der Waals surface area contributed by atoms with Crippen molar-refractivity contribution in [3.05, 3.63) is 0 Å². The van der Waals surface area contributed by atoms with Crippen LogP contribution in [0.5, 0.6) is 0 Å². The summed E-state index contributed by atoms with van der Waals surface area (Å²) in [5, 5.41) is 0. The van der Waals surface area contributed by atoms with Crippen molar-refractivity contribution in [2.24, 2.45) is 0 Å². The third-order valence-corrected chi connectivity index (χ3v) is 4.22. The average Bonchev–Trinajstić information content (AvgIpc) is 2.67. The molecule has 5 nitrogen and oxygen atoms in total. The maximum Gasteiger partial charge on any atom is 0.220 e. The molecule has 0 spiro atoms. The minimum atomic E-state index is -0.678. The van der Waals surface area contributed by atoms with Crippen LogP contribution in [0, 0.1) is 0 Å². The van der Waals surface area contributed by atoms with E-state index in [0.717, 1.165) is 0 Å². The highest BCUT2D eigenvalue weighted by atomic mass is 32.2. The van der Waals surface area contributed by atoms with E-state index >= 15 is 0 Å². The van der Waals surface area contributed by atoms with E-state index in [0.29, 0.717) is 4.38 Å². The Labute approximate surface area is 123 Å². The van der Waals surface area contributed by atoms with Crippen molar-refractivity contribution >= 4 is 28.4 Å². The van der Waals surface area contributed by atoms with E-state index in [-0.39, 0.29) is 24.4 Å². The van der Waals surface area contributed by atoms with Gasteiger partial charge in [0.2, 0.25) is 4.38 Å². The van der Waals surface area contributed by atoms with Crippen LogP contribution in [0.3, 0.4) is 0 Å². The lowest BCUT2D eigenvalue weighted by Crippen LogP contribution is -2.57. The molecule has 110 valence electrons. The first-order valence-electron chi connectivity index (χ1n) is 6.16. The van der Waals surface area contributed by atoms with Crippen molar-refractivity contribution in [3.63, 3.8) is 0 Å². The van der Waals surface area contributed by atoms with E-state index < -0.39 is 12.1 Å². The molecule has 0 unspecified atom stereocenters. The molecule has 2 fully saturated rings. The molecule has 0 aromatic heterocycles. The summed E-state index contributed by atoms with van der Waals surface area (Å²) >= 11 is 6.51. The topological polar surface area (TPSA) is 46.2 Å². The van der Waals surface area contributed by atoms with Crippen molar-refractivity contribution in [1.82, 2.24) is 0 Å². The van der Waals surface area contributed by atoms with Gasteiger partial charge in [-0.05, 0) is 39.2 Å². The van der Waals surface area contributed by atoms with Crippen molar-refractivity contribution in [2.75, 3.05) is 13.4 Å². The van der Waals surface area contributed by atoms with E-state index in [2.05, 4.69) is 0 Å². The highest BCUT2D eigenvalue weighted by molar-refractivity contribution is 8.22. The molecule has 2 saturated heterocycles. The second kappa shape index (κ2) is 5.83. The normalized spacial score (nSPS) is 40.8. The summed E-state index contributed by atoms with van der Waals surface area (Å²) in [6.07, 6.45) is 0.373. The van der Waals surface area contributed by atoms with Gasteiger partial charge >= 0.3 is 0 Å². The van der Waals surface area contributed by atoms with Crippen molar-refractivity contribution in [3.8, 4) is 0 Å². The number of ether oxygens (including phenoxy) is 5. The SMILES string of the molecule is CO[C@H]1O[C@H](C)[C@@H](OC(=S)SC)[C@@H]2OC(C)(C)O[C@H]12. The second-order valence-electron chi connectivity index (χ2n) is 5.05. The molecular weight excluding hydrogens is 288 g/mol. The summed E-state index contributed by atoms with van der Waals surface area (Å²) < 4.78 is 29.1. The summed E-state index contributed by atoms with van der Waals surface area (Å²) in [7, 11) is 1.59. The average molecular weight is 308 g/mol. The fraction of sp³-hybridized carbons (Fsp3) is 0.917. The van der Waals surface area contributed by atoms with Gasteiger partial charge in [-0.25, -0.2) is 0 Å². The van der Waals surface area contributed by atoms with Crippen LogP contribution in [0.4, 0.5) is 0 Å². The molecular formula is C12H20O5S2. The van der Waals surface area contributed by atoms with E-state index in [1.165, 1.54) is 11.8 Å². The standard InChI is InChI=1S/C12H20O5S2/c1-6-7(15-11(18)19-5)8-9(10(13-4)14-6)17-12(2,3)16-8/h6-10H,1-5H3/t6-,7-,8+,9+,10+/m1/s1. The van der Waals surface area contributed by atoms with E-state index in [4.69, 9.17) is 35.9 Å². The van der Waals surface area contributed by atoms with Gasteiger partial charge in [0.05, 0.1) is 6.10 Å². The fourth-order valence-corrected chi connectivity index (χ4v) is 2.75. The molecule has 5 atom stereocenters. The summed E-state index contributed by atoms with van der Waals surface area (Å²) in [4.78, 5) is 0. The van der Waals surface area contributed by atoms with Crippen LogP contribution in [0.15, 0.2) is 0 Å². The Morgan fingerprint density at radius 1 is 1.26 bits per heavy atom. The summed E-state index contributed by atoms with van der Waals surface area (Å²) in [5.74, 6) is -0.678. The van der Waals surface area contributed by atoms with Gasteiger partial charge in [0.1, 0.15) is 12.2 Å². The van der Waals surface area contributed by atoms with Crippen molar-refractivity contribution in [1.29, 1.82) is 0 Å². The minimum Gasteiger partial charge on any atom is -0.470 e. The largest absolute Gasteiger partial charge is 0.470 e. The Morgan fingerprint density at radius 3 is 2.47 bits per heavy atom. The van der Waals surface area contributed by atoms with E-state index in [1.54, 1.807) is 7.11 Å². The zero-order valence-electron chi connectivity index (χ0n) is 11.7. The smallest absolute Gasteiger partial charge is 0.220 e. The monoisotopic (exact) mass is 308 g/mol. The van der Waals surface area contributed by atoms with Gasteiger partial charge in [0, 0.05) is 7.11 Å². The Hall–Kier alpha value is 0.0800. The van der Waals surface area contributed by atoms with Crippen LogP contribution in [0.25, 0.3) is 0 Å². The summed E-state index contributed by atoms with van der Waals surface area (Å²) in [6, 6.07) is 0. The van der Waals surface area contributed by atoms with Crippen LogP contribution in [0.2, 0.25) is 0 Å².